The van der Waals surface area contributed by atoms with E-state index in [0.29, 0.717) is 17.6 Å². The molecule has 4 heterocycles. The number of nitrogens with zero attached hydrogens (tertiary/aromatic N) is 5. The van der Waals surface area contributed by atoms with Gasteiger partial charge in [-0.15, -0.1) is 0 Å². The first-order valence-electron chi connectivity index (χ1n) is 23.5. The van der Waals surface area contributed by atoms with Gasteiger partial charge in [0.25, 0.3) is 0 Å². The summed E-state index contributed by atoms with van der Waals surface area (Å²) in [4.78, 5) is 18.3. The van der Waals surface area contributed by atoms with Gasteiger partial charge >= 0.3 is 0 Å². The zero-order chi connectivity index (χ0) is 45.5. The second kappa shape index (κ2) is 15.6. The first kappa shape index (κ1) is 39.2. The van der Waals surface area contributed by atoms with Crippen molar-refractivity contribution in [2.24, 2.45) is 0 Å². The van der Waals surface area contributed by atoms with Crippen molar-refractivity contribution in [1.29, 1.82) is 0 Å². The van der Waals surface area contributed by atoms with Gasteiger partial charge in [0.05, 0.1) is 16.7 Å². The van der Waals surface area contributed by atoms with E-state index in [1.807, 2.05) is 36.4 Å². The Labute approximate surface area is 401 Å². The van der Waals surface area contributed by atoms with Crippen LogP contribution in [-0.4, -0.2) is 27.6 Å². The molecule has 0 saturated heterocycles. The highest BCUT2D eigenvalue weighted by Gasteiger charge is 2.54. The molecule has 1 spiro atoms. The SMILES string of the molecule is c1ccc(-c2ccc(-n3c4ccccc4c4cc(-c5ccc6c(c5)N(c5nc(-c7ccccc7)nc(-c7ccccc7)n5)c5ccccc5[Si]65c6ccccc6-c6ccccc65)ccc43)cc2)cc1. The zero-order valence-electron chi connectivity index (χ0n) is 37.4. The number of rotatable bonds is 6. The summed E-state index contributed by atoms with van der Waals surface area (Å²) in [6, 6.07) is 90.1. The van der Waals surface area contributed by atoms with E-state index in [1.165, 1.54) is 64.8 Å². The summed E-state index contributed by atoms with van der Waals surface area (Å²) >= 11 is 0. The predicted octanol–water partition coefficient (Wildman–Crippen LogP) is 12.8. The molecule has 69 heavy (non-hydrogen) atoms. The zero-order valence-corrected chi connectivity index (χ0v) is 38.4. The topological polar surface area (TPSA) is 46.8 Å². The van der Waals surface area contributed by atoms with Crippen molar-refractivity contribution >= 4 is 67.9 Å². The van der Waals surface area contributed by atoms with Gasteiger partial charge in [-0.1, -0.05) is 206 Å². The van der Waals surface area contributed by atoms with Gasteiger partial charge in [-0.3, -0.25) is 4.90 Å². The monoisotopic (exact) mass is 895 g/mol. The summed E-state index contributed by atoms with van der Waals surface area (Å²) in [6.45, 7) is 0. The third kappa shape index (κ3) is 5.99. The van der Waals surface area contributed by atoms with Crippen molar-refractivity contribution in [1.82, 2.24) is 19.5 Å². The van der Waals surface area contributed by atoms with Gasteiger partial charge in [0, 0.05) is 33.3 Å². The van der Waals surface area contributed by atoms with Crippen LogP contribution < -0.4 is 25.6 Å². The minimum absolute atomic E-state index is 0.578. The third-order valence-corrected chi connectivity index (χ3v) is 19.2. The highest BCUT2D eigenvalue weighted by Crippen LogP contribution is 2.43. The lowest BCUT2D eigenvalue weighted by Gasteiger charge is -2.43. The van der Waals surface area contributed by atoms with Gasteiger partial charge in [-0.2, -0.15) is 9.97 Å². The summed E-state index contributed by atoms with van der Waals surface area (Å²) in [5.74, 6) is 1.83. The molecule has 5 nitrogen and oxygen atoms in total. The molecule has 0 atom stereocenters. The number of hydrogen-bond donors (Lipinski definition) is 0. The molecule has 10 aromatic carbocycles. The van der Waals surface area contributed by atoms with Gasteiger partial charge in [-0.05, 0) is 96.6 Å². The molecule has 0 N–H and O–H groups in total. The van der Waals surface area contributed by atoms with Crippen LogP contribution in [-0.2, 0) is 0 Å². The molecule has 0 saturated carbocycles. The maximum atomic E-state index is 5.40. The van der Waals surface area contributed by atoms with Crippen LogP contribution in [0.2, 0.25) is 0 Å². The minimum Gasteiger partial charge on any atom is -0.309 e. The molecule has 0 aliphatic carbocycles. The van der Waals surface area contributed by atoms with Gasteiger partial charge in [0.15, 0.2) is 19.7 Å². The first-order chi connectivity index (χ1) is 34.2. The van der Waals surface area contributed by atoms with Gasteiger partial charge < -0.3 is 4.57 Å². The van der Waals surface area contributed by atoms with Crippen LogP contribution in [0, 0.1) is 0 Å². The fourth-order valence-electron chi connectivity index (χ4n) is 11.3. The Balaban J connectivity index is 1.01. The van der Waals surface area contributed by atoms with E-state index in [-0.39, 0.29) is 0 Å². The fourth-order valence-corrected chi connectivity index (χ4v) is 16.8. The van der Waals surface area contributed by atoms with Gasteiger partial charge in [0.2, 0.25) is 5.95 Å². The van der Waals surface area contributed by atoms with Crippen molar-refractivity contribution < 1.29 is 0 Å². The normalized spacial score (nSPS) is 13.0. The van der Waals surface area contributed by atoms with Gasteiger partial charge in [0.1, 0.15) is 0 Å². The summed E-state index contributed by atoms with van der Waals surface area (Å²) in [6.07, 6.45) is 0. The molecule has 0 unspecified atom stereocenters. The Kier molecular flexibility index (Phi) is 8.84. The van der Waals surface area contributed by atoms with Crippen LogP contribution in [0.25, 0.3) is 83.6 Å². The van der Waals surface area contributed by atoms with Crippen molar-refractivity contribution in [3.05, 3.63) is 249 Å². The summed E-state index contributed by atoms with van der Waals surface area (Å²) in [5.41, 5.74) is 14.8. The molecule has 0 fully saturated rings. The molecule has 14 rings (SSSR count). The first-order valence-corrected chi connectivity index (χ1v) is 25.5. The van der Waals surface area contributed by atoms with Crippen LogP contribution in [0.4, 0.5) is 17.3 Å². The van der Waals surface area contributed by atoms with Crippen LogP contribution in [0.3, 0.4) is 0 Å². The molecular formula is C63H41N5Si. The fraction of sp³-hybridized carbons (Fsp3) is 0. The van der Waals surface area contributed by atoms with Crippen molar-refractivity contribution in [2.75, 3.05) is 4.90 Å². The van der Waals surface area contributed by atoms with E-state index in [2.05, 4.69) is 222 Å². The summed E-state index contributed by atoms with van der Waals surface area (Å²) in [5, 5.41) is 7.86. The highest BCUT2D eigenvalue weighted by molar-refractivity contribution is 7.23. The van der Waals surface area contributed by atoms with E-state index < -0.39 is 8.07 Å². The molecule has 322 valence electrons. The molecule has 2 aliphatic rings. The van der Waals surface area contributed by atoms with Crippen LogP contribution in [0.15, 0.2) is 249 Å². The maximum Gasteiger partial charge on any atom is 0.238 e. The lowest BCUT2D eigenvalue weighted by atomic mass is 10.0. The smallest absolute Gasteiger partial charge is 0.238 e. The van der Waals surface area contributed by atoms with E-state index in [4.69, 9.17) is 15.0 Å². The second-order valence-corrected chi connectivity index (χ2v) is 21.6. The minimum atomic E-state index is -2.91. The van der Waals surface area contributed by atoms with E-state index >= 15 is 0 Å². The predicted molar refractivity (Wildman–Crippen MR) is 287 cm³/mol. The summed E-state index contributed by atoms with van der Waals surface area (Å²) in [7, 11) is -2.91. The largest absolute Gasteiger partial charge is 0.309 e. The Morgan fingerprint density at radius 1 is 0.304 bits per heavy atom. The van der Waals surface area contributed by atoms with Crippen molar-refractivity contribution in [2.45, 2.75) is 0 Å². The molecule has 2 aromatic heterocycles. The molecule has 6 heteroatoms. The quantitative estimate of drug-likeness (QED) is 0.156. The van der Waals surface area contributed by atoms with Crippen LogP contribution in [0.5, 0.6) is 0 Å². The lowest BCUT2D eigenvalue weighted by molar-refractivity contribution is 1.02. The Morgan fingerprint density at radius 3 is 1.45 bits per heavy atom. The molecule has 12 aromatic rings. The molecular weight excluding hydrogens is 855 g/mol. The van der Waals surface area contributed by atoms with E-state index in [0.717, 1.165) is 39.3 Å². The lowest BCUT2D eigenvalue weighted by Crippen LogP contribution is -2.75. The number of hydrogen-bond acceptors (Lipinski definition) is 4. The van der Waals surface area contributed by atoms with E-state index in [1.54, 1.807) is 0 Å². The maximum absolute atomic E-state index is 5.40. The number of aromatic nitrogens is 4. The average molecular weight is 896 g/mol. The molecule has 0 bridgehead atoms. The van der Waals surface area contributed by atoms with Crippen LogP contribution >= 0.6 is 0 Å². The standard InChI is InChI=1S/C63H41N5Si/c1-4-18-42(19-5-1)43-32-36-48(37-33-43)67-53-27-13-10-24-49(53)52-40-46(34-38-54(52)67)47-35-39-60-56(41-47)68(63-65-61(44-20-6-2-7-21-44)64-62(66-63)45-22-8-3-9-23-45)55-28-14-17-31-59(55)69(60)57-29-15-11-25-50(57)51-26-12-16-30-58(51)69/h1-41H. The average Bonchev–Trinajstić information content (AvgIpc) is 3.92. The van der Waals surface area contributed by atoms with Crippen molar-refractivity contribution in [3.8, 4) is 61.8 Å². The molecule has 2 aliphatic heterocycles. The Morgan fingerprint density at radius 2 is 0.783 bits per heavy atom. The highest BCUT2D eigenvalue weighted by atomic mass is 28.3. The number of para-hydroxylation sites is 2. The second-order valence-electron chi connectivity index (χ2n) is 17.9. The van der Waals surface area contributed by atoms with Gasteiger partial charge in [-0.25, -0.2) is 4.98 Å². The van der Waals surface area contributed by atoms with E-state index in [9.17, 15) is 0 Å². The Bertz CT molecular complexity index is 3860. The number of benzene rings is 10. The third-order valence-electron chi connectivity index (χ3n) is 14.3. The molecule has 0 amide bonds. The number of anilines is 3. The van der Waals surface area contributed by atoms with Crippen molar-refractivity contribution in [3.63, 3.8) is 0 Å². The summed E-state index contributed by atoms with van der Waals surface area (Å²) < 4.78 is 2.40. The Hall–Kier alpha value is -8.97. The van der Waals surface area contributed by atoms with Crippen LogP contribution in [0.1, 0.15) is 0 Å². The number of fused-ring (bicyclic) bond motifs is 12. The molecule has 0 radical (unpaired) electrons.